The van der Waals surface area contributed by atoms with Gasteiger partial charge in [0.15, 0.2) is 0 Å². The van der Waals surface area contributed by atoms with E-state index in [-0.39, 0.29) is 0 Å². The van der Waals surface area contributed by atoms with E-state index >= 15 is 0 Å². The Morgan fingerprint density at radius 3 is 2.67 bits per heavy atom. The Balaban J connectivity index is 2.52. The Morgan fingerprint density at radius 1 is 1.78 bits per heavy atom. The van der Waals surface area contributed by atoms with Crippen molar-refractivity contribution < 1.29 is 10.0 Å². The summed E-state index contributed by atoms with van der Waals surface area (Å²) in [5, 5.41) is 17.3. The zero-order valence-electron chi connectivity index (χ0n) is 5.24. The SMILES string of the molecule is CC1C=C(B(O)O)SC1. The van der Waals surface area contributed by atoms with Crippen molar-refractivity contribution in [2.45, 2.75) is 6.92 Å². The first-order valence-electron chi connectivity index (χ1n) is 2.91. The third-order valence-electron chi connectivity index (χ3n) is 1.22. The topological polar surface area (TPSA) is 40.5 Å². The fourth-order valence-electron chi connectivity index (χ4n) is 0.765. The molecule has 0 fully saturated rings. The number of hydrogen-bond acceptors (Lipinski definition) is 3. The standard InChI is InChI=1S/C5H9BO2S/c1-4-2-5(6(7)8)9-3-4/h2,4,7-8H,3H2,1H3. The van der Waals surface area contributed by atoms with E-state index < -0.39 is 7.12 Å². The lowest BCUT2D eigenvalue weighted by atomic mass is 9.89. The number of thioether (sulfide) groups is 1. The third-order valence-corrected chi connectivity index (χ3v) is 2.59. The zero-order valence-corrected chi connectivity index (χ0v) is 6.06. The summed E-state index contributed by atoms with van der Waals surface area (Å²) in [6, 6.07) is 0. The van der Waals surface area contributed by atoms with Crippen molar-refractivity contribution in [2.75, 3.05) is 5.75 Å². The summed E-state index contributed by atoms with van der Waals surface area (Å²) in [6.07, 6.45) is 1.90. The van der Waals surface area contributed by atoms with E-state index in [1.54, 1.807) is 0 Å². The van der Waals surface area contributed by atoms with Crippen molar-refractivity contribution in [3.63, 3.8) is 0 Å². The van der Waals surface area contributed by atoms with Crippen LogP contribution in [0.3, 0.4) is 0 Å². The fraction of sp³-hybridized carbons (Fsp3) is 0.600. The van der Waals surface area contributed by atoms with Gasteiger partial charge in [0.2, 0.25) is 0 Å². The number of allylic oxidation sites excluding steroid dienone is 1. The molecule has 50 valence electrons. The van der Waals surface area contributed by atoms with E-state index in [1.165, 1.54) is 11.8 Å². The van der Waals surface area contributed by atoms with E-state index in [0.29, 0.717) is 10.7 Å². The molecular weight excluding hydrogens is 135 g/mol. The average molecular weight is 144 g/mol. The van der Waals surface area contributed by atoms with Gasteiger partial charge in [0, 0.05) is 10.6 Å². The van der Waals surface area contributed by atoms with Crippen LogP contribution in [0.25, 0.3) is 0 Å². The van der Waals surface area contributed by atoms with Gasteiger partial charge in [-0.3, -0.25) is 0 Å². The van der Waals surface area contributed by atoms with Crippen molar-refractivity contribution in [3.05, 3.63) is 10.9 Å². The molecule has 0 aliphatic carbocycles. The first-order valence-corrected chi connectivity index (χ1v) is 3.89. The Bertz CT molecular complexity index is 135. The van der Waals surface area contributed by atoms with Crippen LogP contribution in [0.4, 0.5) is 0 Å². The highest BCUT2D eigenvalue weighted by atomic mass is 32.2. The Kier molecular flexibility index (Phi) is 2.21. The number of rotatable bonds is 1. The molecule has 0 aromatic carbocycles. The molecule has 0 spiro atoms. The lowest BCUT2D eigenvalue weighted by Crippen LogP contribution is -2.11. The molecule has 0 radical (unpaired) electrons. The summed E-state index contributed by atoms with van der Waals surface area (Å²) in [6.45, 7) is 2.06. The molecule has 1 aliphatic rings. The highest BCUT2D eigenvalue weighted by molar-refractivity contribution is 8.05. The molecule has 0 aromatic heterocycles. The van der Waals surface area contributed by atoms with Gasteiger partial charge in [-0.25, -0.2) is 0 Å². The summed E-state index contributed by atoms with van der Waals surface area (Å²) in [7, 11) is -1.25. The van der Waals surface area contributed by atoms with Crippen molar-refractivity contribution >= 4 is 18.9 Å². The molecule has 0 bridgehead atoms. The van der Waals surface area contributed by atoms with E-state index in [2.05, 4.69) is 6.92 Å². The molecule has 0 saturated carbocycles. The van der Waals surface area contributed by atoms with Gasteiger partial charge in [-0.05, 0) is 5.92 Å². The van der Waals surface area contributed by atoms with Crippen LogP contribution in [0, 0.1) is 5.92 Å². The highest BCUT2D eigenvalue weighted by Gasteiger charge is 2.21. The van der Waals surface area contributed by atoms with Crippen LogP contribution < -0.4 is 0 Å². The Morgan fingerprint density at radius 2 is 2.44 bits per heavy atom. The van der Waals surface area contributed by atoms with Crippen LogP contribution in [-0.2, 0) is 0 Å². The van der Waals surface area contributed by atoms with Crippen LogP contribution in [0.15, 0.2) is 10.9 Å². The van der Waals surface area contributed by atoms with Crippen molar-refractivity contribution in [3.8, 4) is 0 Å². The average Bonchev–Trinajstić information content (AvgIpc) is 2.14. The maximum atomic E-state index is 8.64. The molecule has 9 heavy (non-hydrogen) atoms. The van der Waals surface area contributed by atoms with Crippen molar-refractivity contribution in [1.82, 2.24) is 0 Å². The predicted molar refractivity (Wildman–Crippen MR) is 39.9 cm³/mol. The summed E-state index contributed by atoms with van der Waals surface area (Å²) >= 11 is 1.52. The molecule has 0 saturated heterocycles. The minimum Gasteiger partial charge on any atom is -0.423 e. The van der Waals surface area contributed by atoms with Crippen molar-refractivity contribution in [2.24, 2.45) is 5.92 Å². The Hall–Kier alpha value is 0.0749. The summed E-state index contributed by atoms with van der Waals surface area (Å²) in [4.78, 5) is 0.697. The second kappa shape index (κ2) is 2.77. The fourth-order valence-corrected chi connectivity index (χ4v) is 1.79. The minimum absolute atomic E-state index is 0.492. The molecule has 0 aromatic rings. The molecule has 1 atom stereocenters. The molecule has 2 nitrogen and oxygen atoms in total. The molecule has 1 unspecified atom stereocenters. The van der Waals surface area contributed by atoms with E-state index in [1.807, 2.05) is 6.08 Å². The van der Waals surface area contributed by atoms with Crippen LogP contribution in [-0.4, -0.2) is 22.9 Å². The van der Waals surface area contributed by atoms with Gasteiger partial charge >= 0.3 is 7.12 Å². The zero-order chi connectivity index (χ0) is 6.85. The smallest absolute Gasteiger partial charge is 0.423 e. The minimum atomic E-state index is -1.25. The van der Waals surface area contributed by atoms with Gasteiger partial charge in [-0.2, -0.15) is 0 Å². The summed E-state index contributed by atoms with van der Waals surface area (Å²) < 4.78 is 0. The lowest BCUT2D eigenvalue weighted by molar-refractivity contribution is 0.422. The lowest BCUT2D eigenvalue weighted by Gasteiger charge is -1.94. The van der Waals surface area contributed by atoms with Crippen LogP contribution in [0.1, 0.15) is 6.92 Å². The predicted octanol–water partition coefficient (Wildman–Crippen LogP) is 0.265. The van der Waals surface area contributed by atoms with Crippen LogP contribution in [0.5, 0.6) is 0 Å². The van der Waals surface area contributed by atoms with Gasteiger partial charge in [-0.15, -0.1) is 11.8 Å². The summed E-state index contributed by atoms with van der Waals surface area (Å²) in [5.74, 6) is 1.47. The molecule has 0 amide bonds. The maximum absolute atomic E-state index is 8.64. The van der Waals surface area contributed by atoms with E-state index in [0.717, 1.165) is 5.75 Å². The molecule has 1 heterocycles. The molecule has 4 heteroatoms. The van der Waals surface area contributed by atoms with Gasteiger partial charge in [-0.1, -0.05) is 13.0 Å². The monoisotopic (exact) mass is 144 g/mol. The highest BCUT2D eigenvalue weighted by Crippen LogP contribution is 2.28. The van der Waals surface area contributed by atoms with Gasteiger partial charge in [0.25, 0.3) is 0 Å². The summed E-state index contributed by atoms with van der Waals surface area (Å²) in [5.41, 5.74) is 0. The van der Waals surface area contributed by atoms with Gasteiger partial charge in [0.1, 0.15) is 0 Å². The van der Waals surface area contributed by atoms with Crippen LogP contribution >= 0.6 is 11.8 Å². The van der Waals surface area contributed by atoms with Gasteiger partial charge < -0.3 is 10.0 Å². The first-order chi connectivity index (χ1) is 4.20. The van der Waals surface area contributed by atoms with Crippen LogP contribution in [0.2, 0.25) is 0 Å². The van der Waals surface area contributed by atoms with Crippen molar-refractivity contribution in [1.29, 1.82) is 0 Å². The van der Waals surface area contributed by atoms with Gasteiger partial charge in [0.05, 0.1) is 0 Å². The second-order valence-electron chi connectivity index (χ2n) is 2.23. The molecule has 1 rings (SSSR count). The molecular formula is C5H9BO2S. The molecule has 1 aliphatic heterocycles. The quantitative estimate of drug-likeness (QED) is 0.518. The number of hydrogen-bond donors (Lipinski definition) is 2. The normalized spacial score (nSPS) is 26.1. The molecule has 2 N–H and O–H groups in total. The first kappa shape index (κ1) is 7.19. The Labute approximate surface area is 59.1 Å². The largest absolute Gasteiger partial charge is 0.494 e. The van der Waals surface area contributed by atoms with E-state index in [4.69, 9.17) is 10.0 Å². The second-order valence-corrected chi connectivity index (χ2v) is 3.32. The maximum Gasteiger partial charge on any atom is 0.494 e. The third kappa shape index (κ3) is 1.74. The van der Waals surface area contributed by atoms with E-state index in [9.17, 15) is 0 Å².